The zero-order valence-electron chi connectivity index (χ0n) is 26.8. The zero-order valence-corrected chi connectivity index (χ0v) is 29.2. The summed E-state index contributed by atoms with van der Waals surface area (Å²) in [5, 5.41) is 0. The summed E-state index contributed by atoms with van der Waals surface area (Å²) in [6.45, 7) is 1.94. The van der Waals surface area contributed by atoms with E-state index in [1.54, 1.807) is 0 Å². The summed E-state index contributed by atoms with van der Waals surface area (Å²) in [6, 6.07) is 15.7. The molecule has 0 aromatic heterocycles. The van der Waals surface area contributed by atoms with Gasteiger partial charge in [0.1, 0.15) is 12.4 Å². The van der Waals surface area contributed by atoms with Gasteiger partial charge in [-0.3, -0.25) is 0 Å². The number of rotatable bonds is 13. The van der Waals surface area contributed by atoms with E-state index in [-0.39, 0.29) is 69.2 Å². The Bertz CT molecular complexity index is 2170. The number of methoxy groups -OCH3 is 2. The quantitative estimate of drug-likeness (QED) is 0.147. The minimum absolute atomic E-state index is 0.00792. The van der Waals surface area contributed by atoms with Crippen molar-refractivity contribution in [2.24, 2.45) is 0 Å². The van der Waals surface area contributed by atoms with Crippen molar-refractivity contribution in [1.82, 2.24) is 0 Å². The maximum Gasteiger partial charge on any atom is 0.306 e. The van der Waals surface area contributed by atoms with E-state index < -0.39 is 30.4 Å². The molecule has 4 rings (SSSR count). The second-order valence-corrected chi connectivity index (χ2v) is 15.3. The Morgan fingerprint density at radius 3 is 1.69 bits per heavy atom. The Balaban J connectivity index is 1.99. The van der Waals surface area contributed by atoms with Crippen LogP contribution in [-0.2, 0) is 37.0 Å². The van der Waals surface area contributed by atoms with Gasteiger partial charge in [-0.15, -0.1) is 0 Å². The summed E-state index contributed by atoms with van der Waals surface area (Å²) in [7, 11) is -9.67. The van der Waals surface area contributed by atoms with E-state index in [1.165, 1.54) is 50.6 Å². The van der Waals surface area contributed by atoms with Crippen LogP contribution in [0, 0.1) is 6.92 Å². The van der Waals surface area contributed by atoms with Crippen molar-refractivity contribution in [3.05, 3.63) is 71.8 Å². The molecule has 0 heterocycles. The number of hydrogen-bond acceptors (Lipinski definition) is 14. The number of hydrogen-bond donors (Lipinski definition) is 2. The van der Waals surface area contributed by atoms with E-state index in [4.69, 9.17) is 38.2 Å². The van der Waals surface area contributed by atoms with Gasteiger partial charge in [0.25, 0.3) is 0 Å². The summed E-state index contributed by atoms with van der Waals surface area (Å²) < 4.78 is 106. The van der Waals surface area contributed by atoms with Crippen LogP contribution in [0.2, 0.25) is 0 Å². The molecule has 258 valence electrons. The minimum atomic E-state index is -4.25. The number of nitrogens with two attached hydrogens (primary N) is 2. The van der Waals surface area contributed by atoms with E-state index in [1.807, 2.05) is 31.2 Å². The van der Waals surface area contributed by atoms with Crippen LogP contribution in [0.1, 0.15) is 11.1 Å². The first-order valence-electron chi connectivity index (χ1n) is 13.8. The van der Waals surface area contributed by atoms with Crippen molar-refractivity contribution in [3.8, 4) is 56.8 Å². The first kappa shape index (κ1) is 36.0. The molecule has 0 unspecified atom stereocenters. The van der Waals surface area contributed by atoms with Gasteiger partial charge in [0, 0.05) is 0 Å². The van der Waals surface area contributed by atoms with Gasteiger partial charge < -0.3 is 38.2 Å². The van der Waals surface area contributed by atoms with E-state index in [2.05, 4.69) is 0 Å². The lowest BCUT2D eigenvalue weighted by Gasteiger charge is -2.24. The number of ether oxygens (including phenoxy) is 3. The van der Waals surface area contributed by atoms with Crippen LogP contribution in [0.4, 0.5) is 11.4 Å². The summed E-state index contributed by atoms with van der Waals surface area (Å²) >= 11 is 0. The Morgan fingerprint density at radius 2 is 1.17 bits per heavy atom. The predicted molar refractivity (Wildman–Crippen MR) is 181 cm³/mol. The molecule has 4 aromatic carbocycles. The smallest absolute Gasteiger partial charge is 0.306 e. The fourth-order valence-electron chi connectivity index (χ4n) is 4.73. The van der Waals surface area contributed by atoms with E-state index >= 15 is 0 Å². The molecule has 0 bridgehead atoms. The van der Waals surface area contributed by atoms with Gasteiger partial charge in [0.2, 0.25) is 0 Å². The van der Waals surface area contributed by atoms with Crippen LogP contribution in [0.3, 0.4) is 0 Å². The van der Waals surface area contributed by atoms with Gasteiger partial charge >= 0.3 is 30.4 Å². The van der Waals surface area contributed by atoms with Crippen LogP contribution in [0.5, 0.6) is 34.5 Å². The third kappa shape index (κ3) is 8.72. The second kappa shape index (κ2) is 13.7. The minimum Gasteiger partial charge on any atom is -0.494 e. The molecule has 17 heteroatoms. The van der Waals surface area contributed by atoms with Gasteiger partial charge in [-0.25, -0.2) is 0 Å². The van der Waals surface area contributed by atoms with Crippen LogP contribution < -0.4 is 38.2 Å². The first-order valence-corrected chi connectivity index (χ1v) is 19.2. The number of nitrogen functional groups attached to an aromatic ring is 2. The molecule has 0 aliphatic carbocycles. The van der Waals surface area contributed by atoms with E-state index in [9.17, 15) is 25.3 Å². The molecule has 0 aliphatic rings. The zero-order chi connectivity index (χ0) is 35.6. The normalized spacial score (nSPS) is 11.9. The summed E-state index contributed by atoms with van der Waals surface area (Å²) in [4.78, 5) is 0. The average molecular weight is 723 g/mol. The van der Waals surface area contributed by atoms with E-state index in [0.29, 0.717) is 5.56 Å². The second-order valence-electron chi connectivity index (χ2n) is 10.6. The van der Waals surface area contributed by atoms with Crippen LogP contribution in [0.15, 0.2) is 60.7 Å². The number of aryl methyl sites for hydroxylation is 1. The highest BCUT2D eigenvalue weighted by atomic mass is 32.2. The topological polar surface area (TPSA) is 210 Å². The lowest BCUT2D eigenvalue weighted by molar-refractivity contribution is 0.298. The SMILES string of the molecule is COc1c(OS(C)(=O)=O)c(-c2cc(N)c(OCc3ccc(C)cc3)c(OS(C)(=O)=O)c2)c(OC)c(N)c1-c1ccc(OS(C)(=O)=O)cc1. The Hall–Kier alpha value is -4.87. The highest BCUT2D eigenvalue weighted by Crippen LogP contribution is 2.56. The summed E-state index contributed by atoms with van der Waals surface area (Å²) in [5.74, 6) is -1.03. The monoisotopic (exact) mass is 722 g/mol. The number of benzene rings is 4. The standard InChI is InChI=1S/C31H34N2O12S3/c1-18-7-9-19(10-8-18)17-42-28-23(32)15-21(16-24(28)44-47(5,36)37)26-29(40-2)27(33)25(30(41-3)31(26)45-48(6,38)39)20-11-13-22(14-12-20)43-46(4,34)35/h7-16H,17,32-33H2,1-6H3. The maximum absolute atomic E-state index is 12.6. The predicted octanol–water partition coefficient (Wildman–Crippen LogP) is 4.10. The molecule has 4 aromatic rings. The fourth-order valence-corrected chi connectivity index (χ4v) is 6.10. The molecule has 0 amide bonds. The molecule has 4 N–H and O–H groups in total. The largest absolute Gasteiger partial charge is 0.494 e. The van der Waals surface area contributed by atoms with Gasteiger partial charge in [0.15, 0.2) is 28.7 Å². The highest BCUT2D eigenvalue weighted by Gasteiger charge is 2.31. The average Bonchev–Trinajstić information content (AvgIpc) is 2.96. The van der Waals surface area contributed by atoms with Crippen molar-refractivity contribution in [2.75, 3.05) is 44.5 Å². The van der Waals surface area contributed by atoms with Crippen LogP contribution in [-0.4, -0.2) is 58.2 Å². The van der Waals surface area contributed by atoms with Crippen molar-refractivity contribution in [1.29, 1.82) is 0 Å². The lowest BCUT2D eigenvalue weighted by Crippen LogP contribution is -2.12. The Morgan fingerprint density at radius 1 is 0.604 bits per heavy atom. The van der Waals surface area contributed by atoms with Crippen molar-refractivity contribution in [3.63, 3.8) is 0 Å². The molecule has 0 atom stereocenters. The summed E-state index contributed by atoms with van der Waals surface area (Å²) in [6.07, 6.45) is 2.53. The van der Waals surface area contributed by atoms with Gasteiger partial charge in [0.05, 0.1) is 55.5 Å². The van der Waals surface area contributed by atoms with Gasteiger partial charge in [-0.1, -0.05) is 42.0 Å². The highest BCUT2D eigenvalue weighted by molar-refractivity contribution is 7.86. The molecule has 14 nitrogen and oxygen atoms in total. The fraction of sp³-hybridized carbons (Fsp3) is 0.226. The van der Waals surface area contributed by atoms with Crippen molar-refractivity contribution in [2.45, 2.75) is 13.5 Å². The Labute approximate surface area is 279 Å². The van der Waals surface area contributed by atoms with E-state index in [0.717, 1.165) is 29.9 Å². The molecule has 0 aliphatic heterocycles. The molecule has 0 fully saturated rings. The van der Waals surface area contributed by atoms with Gasteiger partial charge in [-0.2, -0.15) is 25.3 Å². The number of anilines is 2. The van der Waals surface area contributed by atoms with Crippen LogP contribution >= 0.6 is 0 Å². The molecular formula is C31H34N2O12S3. The van der Waals surface area contributed by atoms with Gasteiger partial charge in [-0.05, 0) is 47.9 Å². The molecule has 0 spiro atoms. The first-order chi connectivity index (χ1) is 22.3. The summed E-state index contributed by atoms with van der Waals surface area (Å²) in [5.41, 5.74) is 15.2. The third-order valence-corrected chi connectivity index (χ3v) is 8.00. The molecule has 0 saturated heterocycles. The molecular weight excluding hydrogens is 689 g/mol. The van der Waals surface area contributed by atoms with Crippen molar-refractivity contribution < 1.29 is 52.0 Å². The molecule has 0 saturated carbocycles. The van der Waals surface area contributed by atoms with Crippen molar-refractivity contribution >= 4 is 41.7 Å². The molecule has 48 heavy (non-hydrogen) atoms. The maximum atomic E-state index is 12.6. The lowest BCUT2D eigenvalue weighted by atomic mass is 9.94. The third-order valence-electron chi connectivity index (χ3n) is 6.55. The molecule has 0 radical (unpaired) electrons. The Kier molecular flexibility index (Phi) is 10.3. The van der Waals surface area contributed by atoms with Crippen LogP contribution in [0.25, 0.3) is 22.3 Å².